The van der Waals surface area contributed by atoms with Crippen molar-refractivity contribution >= 4 is 29.9 Å². The normalized spacial score (nSPS) is 11.2. The minimum absolute atomic E-state index is 0. The summed E-state index contributed by atoms with van der Waals surface area (Å²) < 4.78 is 10.6. The fourth-order valence-corrected chi connectivity index (χ4v) is 2.05. The third kappa shape index (κ3) is 10.4. The number of halogens is 1. The number of nitrogens with zero attached hydrogens (tertiary/aromatic N) is 1. The average molecular weight is 465 g/mol. The molecule has 0 atom stereocenters. The van der Waals surface area contributed by atoms with Gasteiger partial charge in [0, 0.05) is 26.3 Å². The summed E-state index contributed by atoms with van der Waals surface area (Å²) in [7, 11) is 1.53. The highest BCUT2D eigenvalue weighted by atomic mass is 127. The maximum Gasteiger partial charge on any atom is 0.191 e. The quantitative estimate of drug-likeness (QED) is 0.214. The van der Waals surface area contributed by atoms with Crippen LogP contribution in [0.3, 0.4) is 0 Å². The van der Waals surface area contributed by atoms with Gasteiger partial charge in [0.2, 0.25) is 0 Å². The van der Waals surface area contributed by atoms with E-state index in [1.165, 1.54) is 7.11 Å². The zero-order valence-electron chi connectivity index (χ0n) is 15.7. The van der Waals surface area contributed by atoms with Crippen LogP contribution in [0, 0.1) is 5.92 Å². The summed E-state index contributed by atoms with van der Waals surface area (Å²) in [5.74, 6) is 1.93. The topological polar surface area (TPSA) is 75.1 Å². The van der Waals surface area contributed by atoms with Crippen LogP contribution < -0.4 is 15.4 Å². The van der Waals surface area contributed by atoms with Gasteiger partial charge in [0.1, 0.15) is 0 Å². The molecule has 25 heavy (non-hydrogen) atoms. The van der Waals surface area contributed by atoms with E-state index in [0.717, 1.165) is 44.2 Å². The Labute approximate surface area is 168 Å². The Hall–Kier alpha value is -1.22. The van der Waals surface area contributed by atoms with Crippen LogP contribution in [0.25, 0.3) is 0 Å². The van der Waals surface area contributed by atoms with Gasteiger partial charge in [-0.2, -0.15) is 0 Å². The lowest BCUT2D eigenvalue weighted by Crippen LogP contribution is -2.38. The predicted octanol–water partition coefficient (Wildman–Crippen LogP) is 3.14. The van der Waals surface area contributed by atoms with Gasteiger partial charge in [-0.1, -0.05) is 19.9 Å². The lowest BCUT2D eigenvalue weighted by Gasteiger charge is -2.12. The molecule has 0 aromatic heterocycles. The minimum atomic E-state index is 0. The van der Waals surface area contributed by atoms with E-state index < -0.39 is 0 Å². The molecule has 7 heteroatoms. The summed E-state index contributed by atoms with van der Waals surface area (Å²) in [6.45, 7) is 9.95. The number of rotatable bonds is 10. The number of hydrogen-bond acceptors (Lipinski definition) is 4. The second-order valence-corrected chi connectivity index (χ2v) is 5.95. The van der Waals surface area contributed by atoms with E-state index in [1.54, 1.807) is 12.1 Å². The van der Waals surface area contributed by atoms with E-state index in [-0.39, 0.29) is 29.7 Å². The fraction of sp³-hybridized carbons (Fsp3) is 0.611. The molecule has 1 aromatic rings. The van der Waals surface area contributed by atoms with Crippen molar-refractivity contribution in [2.45, 2.75) is 33.7 Å². The van der Waals surface area contributed by atoms with Crippen LogP contribution in [-0.4, -0.2) is 44.5 Å². The Morgan fingerprint density at radius 1 is 1.28 bits per heavy atom. The summed E-state index contributed by atoms with van der Waals surface area (Å²) in [4.78, 5) is 4.53. The standard InChI is InChI=1S/C18H31N3O3.HI/c1-5-19-18(20-9-6-10-24-13-14(2)3)21-12-15-7-8-17(23-4)16(22)11-15;/h7-8,11,14,22H,5-6,9-10,12-13H2,1-4H3,(H2,19,20,21);1H. The molecule has 0 unspecified atom stereocenters. The number of guanidine groups is 1. The number of phenols is 1. The highest BCUT2D eigenvalue weighted by Crippen LogP contribution is 2.26. The summed E-state index contributed by atoms with van der Waals surface area (Å²) in [5.41, 5.74) is 0.922. The molecule has 0 aliphatic heterocycles. The molecule has 0 fully saturated rings. The average Bonchev–Trinajstić information content (AvgIpc) is 2.55. The third-order valence-corrected chi connectivity index (χ3v) is 3.22. The maximum absolute atomic E-state index is 9.80. The van der Waals surface area contributed by atoms with Crippen molar-refractivity contribution in [3.63, 3.8) is 0 Å². The van der Waals surface area contributed by atoms with Gasteiger partial charge in [-0.05, 0) is 37.0 Å². The molecule has 0 aliphatic carbocycles. The monoisotopic (exact) mass is 465 g/mol. The van der Waals surface area contributed by atoms with Crippen LogP contribution in [0.4, 0.5) is 0 Å². The number of nitrogens with one attached hydrogen (secondary N) is 2. The SMILES string of the molecule is CCNC(=NCc1ccc(OC)c(O)c1)NCCCOCC(C)C.I. The van der Waals surface area contributed by atoms with Gasteiger partial charge in [0.15, 0.2) is 17.5 Å². The Morgan fingerprint density at radius 3 is 2.64 bits per heavy atom. The highest BCUT2D eigenvalue weighted by molar-refractivity contribution is 14.0. The van der Waals surface area contributed by atoms with Crippen LogP contribution >= 0.6 is 24.0 Å². The summed E-state index contributed by atoms with van der Waals surface area (Å²) in [6.07, 6.45) is 0.931. The molecule has 1 rings (SSSR count). The van der Waals surface area contributed by atoms with Crippen LogP contribution in [0.2, 0.25) is 0 Å². The van der Waals surface area contributed by atoms with E-state index in [0.29, 0.717) is 18.2 Å². The molecule has 0 saturated heterocycles. The second-order valence-electron chi connectivity index (χ2n) is 5.95. The first-order valence-electron chi connectivity index (χ1n) is 8.52. The maximum atomic E-state index is 9.80. The van der Waals surface area contributed by atoms with E-state index >= 15 is 0 Å². The molecular weight excluding hydrogens is 433 g/mol. The van der Waals surface area contributed by atoms with E-state index in [4.69, 9.17) is 9.47 Å². The Kier molecular flexibility index (Phi) is 13.3. The van der Waals surface area contributed by atoms with Crippen molar-refractivity contribution in [2.24, 2.45) is 10.9 Å². The molecule has 0 aliphatic rings. The molecule has 0 radical (unpaired) electrons. The molecule has 1 aromatic carbocycles. The number of phenolic OH excluding ortho intramolecular Hbond substituents is 1. The van der Waals surface area contributed by atoms with Gasteiger partial charge in [-0.25, -0.2) is 4.99 Å². The number of aliphatic imine (C=N–C) groups is 1. The predicted molar refractivity (Wildman–Crippen MR) is 113 cm³/mol. The van der Waals surface area contributed by atoms with Crippen LogP contribution in [0.15, 0.2) is 23.2 Å². The minimum Gasteiger partial charge on any atom is -0.504 e. The molecular formula is C18H32IN3O3. The van der Waals surface area contributed by atoms with E-state index in [1.807, 2.05) is 13.0 Å². The molecule has 0 amide bonds. The smallest absolute Gasteiger partial charge is 0.191 e. The van der Waals surface area contributed by atoms with E-state index in [2.05, 4.69) is 29.5 Å². The van der Waals surface area contributed by atoms with Gasteiger partial charge < -0.3 is 25.2 Å². The molecule has 144 valence electrons. The summed E-state index contributed by atoms with van der Waals surface area (Å²) >= 11 is 0. The molecule has 6 nitrogen and oxygen atoms in total. The second kappa shape index (κ2) is 14.0. The number of benzene rings is 1. The van der Waals surface area contributed by atoms with Crippen LogP contribution in [-0.2, 0) is 11.3 Å². The third-order valence-electron chi connectivity index (χ3n) is 3.22. The van der Waals surface area contributed by atoms with Gasteiger partial charge >= 0.3 is 0 Å². The largest absolute Gasteiger partial charge is 0.504 e. The molecule has 0 spiro atoms. The zero-order chi connectivity index (χ0) is 17.8. The molecule has 0 bridgehead atoms. The van der Waals surface area contributed by atoms with Crippen molar-refractivity contribution < 1.29 is 14.6 Å². The van der Waals surface area contributed by atoms with Crippen molar-refractivity contribution in [3.8, 4) is 11.5 Å². The summed E-state index contributed by atoms with van der Waals surface area (Å²) in [5, 5.41) is 16.3. The lowest BCUT2D eigenvalue weighted by molar-refractivity contribution is 0.108. The van der Waals surface area contributed by atoms with Gasteiger partial charge in [0.25, 0.3) is 0 Å². The Bertz CT molecular complexity index is 510. The van der Waals surface area contributed by atoms with Crippen molar-refractivity contribution in [3.05, 3.63) is 23.8 Å². The number of hydrogen-bond donors (Lipinski definition) is 3. The van der Waals surface area contributed by atoms with Crippen LogP contribution in [0.1, 0.15) is 32.8 Å². The number of aromatic hydroxyl groups is 1. The zero-order valence-corrected chi connectivity index (χ0v) is 18.0. The molecule has 0 heterocycles. The molecule has 0 saturated carbocycles. The van der Waals surface area contributed by atoms with Crippen LogP contribution in [0.5, 0.6) is 11.5 Å². The van der Waals surface area contributed by atoms with Gasteiger partial charge in [-0.15, -0.1) is 24.0 Å². The lowest BCUT2D eigenvalue weighted by atomic mass is 10.2. The first-order chi connectivity index (χ1) is 11.6. The van der Waals surface area contributed by atoms with Gasteiger partial charge in [-0.3, -0.25) is 0 Å². The van der Waals surface area contributed by atoms with Crippen molar-refractivity contribution in [1.29, 1.82) is 0 Å². The Balaban J connectivity index is 0.00000576. The summed E-state index contributed by atoms with van der Waals surface area (Å²) in [6, 6.07) is 5.31. The van der Waals surface area contributed by atoms with Crippen molar-refractivity contribution in [2.75, 3.05) is 33.4 Å². The highest BCUT2D eigenvalue weighted by Gasteiger charge is 2.03. The Morgan fingerprint density at radius 2 is 2.04 bits per heavy atom. The van der Waals surface area contributed by atoms with E-state index in [9.17, 15) is 5.11 Å². The number of ether oxygens (including phenoxy) is 2. The number of methoxy groups -OCH3 is 1. The first-order valence-corrected chi connectivity index (χ1v) is 8.52. The van der Waals surface area contributed by atoms with Crippen molar-refractivity contribution in [1.82, 2.24) is 10.6 Å². The first kappa shape index (κ1) is 23.8. The van der Waals surface area contributed by atoms with Gasteiger partial charge in [0.05, 0.1) is 13.7 Å². The fourth-order valence-electron chi connectivity index (χ4n) is 2.05. The molecule has 3 N–H and O–H groups in total.